The number of carbonyl (C=O) groups is 1. The van der Waals surface area contributed by atoms with E-state index in [0.717, 1.165) is 13.2 Å². The summed E-state index contributed by atoms with van der Waals surface area (Å²) in [4.78, 5) is 10.0. The monoisotopic (exact) mass is 316 g/mol. The molecule has 1 aromatic rings. The minimum atomic E-state index is -5.86. The molecule has 0 amide bonds. The molecular formula is C11H9F5O3S. The van der Waals surface area contributed by atoms with Gasteiger partial charge < -0.3 is 5.11 Å². The van der Waals surface area contributed by atoms with Gasteiger partial charge in [0.15, 0.2) is 0 Å². The lowest BCUT2D eigenvalue weighted by molar-refractivity contribution is -0.290. The first kappa shape index (κ1) is 16.5. The van der Waals surface area contributed by atoms with Crippen molar-refractivity contribution >= 4 is 16.8 Å². The third kappa shape index (κ3) is 2.67. The highest BCUT2D eigenvalue weighted by atomic mass is 32.2. The van der Waals surface area contributed by atoms with Crippen molar-refractivity contribution in [3.05, 3.63) is 28.8 Å². The summed E-state index contributed by atoms with van der Waals surface area (Å²) >= 11 is 0. The van der Waals surface area contributed by atoms with Crippen LogP contribution in [0.1, 0.15) is 21.5 Å². The van der Waals surface area contributed by atoms with Crippen molar-refractivity contribution in [1.82, 2.24) is 0 Å². The van der Waals surface area contributed by atoms with Gasteiger partial charge in [-0.05, 0) is 18.6 Å². The Balaban J connectivity index is 3.71. The molecule has 0 fully saturated rings. The molecule has 1 N–H and O–H groups in total. The van der Waals surface area contributed by atoms with Gasteiger partial charge in [0.2, 0.25) is 0 Å². The standard InChI is InChI=1S/C11H9F5O3S/c1-5-6(9(17)18)3-4-7(8(5)20(2)19)10(12,13)11(14,15)16/h3-4H,1-2H3,(H,17,18). The van der Waals surface area contributed by atoms with Gasteiger partial charge in [-0.15, -0.1) is 0 Å². The number of rotatable bonds is 3. The van der Waals surface area contributed by atoms with Crippen molar-refractivity contribution in [3.63, 3.8) is 0 Å². The summed E-state index contributed by atoms with van der Waals surface area (Å²) in [5, 5.41) is 8.82. The summed E-state index contributed by atoms with van der Waals surface area (Å²) in [5.74, 6) is -6.72. The maximum Gasteiger partial charge on any atom is 0.458 e. The van der Waals surface area contributed by atoms with Gasteiger partial charge in [-0.25, -0.2) is 4.79 Å². The molecule has 0 heterocycles. The highest BCUT2D eigenvalue weighted by Crippen LogP contribution is 2.46. The second-order valence-electron chi connectivity index (χ2n) is 3.95. The molecule has 0 saturated carbocycles. The van der Waals surface area contributed by atoms with Crippen LogP contribution in [-0.2, 0) is 16.7 Å². The molecule has 1 atom stereocenters. The van der Waals surface area contributed by atoms with E-state index in [9.17, 15) is 31.0 Å². The lowest BCUT2D eigenvalue weighted by atomic mass is 10.0. The predicted octanol–water partition coefficient (Wildman–Crippen LogP) is 3.08. The number of benzene rings is 1. The molecule has 0 spiro atoms. The van der Waals surface area contributed by atoms with Crippen molar-refractivity contribution in [3.8, 4) is 0 Å². The average molecular weight is 316 g/mol. The van der Waals surface area contributed by atoms with Crippen LogP contribution in [-0.4, -0.2) is 27.7 Å². The van der Waals surface area contributed by atoms with Crippen LogP contribution >= 0.6 is 0 Å². The second kappa shape index (κ2) is 5.12. The number of hydrogen-bond donors (Lipinski definition) is 1. The van der Waals surface area contributed by atoms with Gasteiger partial charge in [0.1, 0.15) is 0 Å². The Morgan fingerprint density at radius 3 is 2.05 bits per heavy atom. The number of carboxylic acid groups (broad SMARTS) is 1. The lowest BCUT2D eigenvalue weighted by Crippen LogP contribution is -2.35. The molecule has 0 aliphatic carbocycles. The van der Waals surface area contributed by atoms with Crippen LogP contribution in [0.2, 0.25) is 0 Å². The van der Waals surface area contributed by atoms with Crippen LogP contribution in [0, 0.1) is 6.92 Å². The van der Waals surface area contributed by atoms with E-state index in [1.165, 1.54) is 0 Å². The highest BCUT2D eigenvalue weighted by molar-refractivity contribution is 7.84. The van der Waals surface area contributed by atoms with Crippen LogP contribution < -0.4 is 0 Å². The summed E-state index contributed by atoms with van der Waals surface area (Å²) in [6.45, 7) is 1.04. The third-order valence-corrected chi connectivity index (χ3v) is 3.72. The van der Waals surface area contributed by atoms with Crippen molar-refractivity contribution in [1.29, 1.82) is 0 Å². The van der Waals surface area contributed by atoms with Crippen LogP contribution in [0.25, 0.3) is 0 Å². The first-order valence-corrected chi connectivity index (χ1v) is 6.62. The summed E-state index contributed by atoms with van der Waals surface area (Å²) in [7, 11) is -2.20. The van der Waals surface area contributed by atoms with Crippen molar-refractivity contribution in [2.45, 2.75) is 23.9 Å². The van der Waals surface area contributed by atoms with E-state index in [2.05, 4.69) is 0 Å². The third-order valence-electron chi connectivity index (χ3n) is 2.62. The van der Waals surface area contributed by atoms with Crippen molar-refractivity contribution in [2.24, 2.45) is 0 Å². The van der Waals surface area contributed by atoms with Gasteiger partial charge in [-0.1, -0.05) is 6.07 Å². The molecule has 20 heavy (non-hydrogen) atoms. The van der Waals surface area contributed by atoms with Crippen molar-refractivity contribution in [2.75, 3.05) is 6.26 Å². The molecular weight excluding hydrogens is 307 g/mol. The number of hydrogen-bond acceptors (Lipinski definition) is 2. The van der Waals surface area contributed by atoms with Gasteiger partial charge >= 0.3 is 18.1 Å². The maximum atomic E-state index is 13.4. The van der Waals surface area contributed by atoms with E-state index in [4.69, 9.17) is 5.11 Å². The number of alkyl halides is 5. The maximum absolute atomic E-state index is 13.4. The van der Waals surface area contributed by atoms with Gasteiger partial charge in [0.05, 0.1) is 21.3 Å². The van der Waals surface area contributed by atoms with Crippen LogP contribution in [0.4, 0.5) is 22.0 Å². The van der Waals surface area contributed by atoms with Gasteiger partial charge in [-0.2, -0.15) is 22.0 Å². The quantitative estimate of drug-likeness (QED) is 0.872. The number of carboxylic acids is 1. The largest absolute Gasteiger partial charge is 0.478 e. The summed E-state index contributed by atoms with van der Waals surface area (Å²) < 4.78 is 75.4. The summed E-state index contributed by atoms with van der Waals surface area (Å²) in [6, 6.07) is 0.990. The Kier molecular flexibility index (Phi) is 4.23. The van der Waals surface area contributed by atoms with Gasteiger partial charge in [0.25, 0.3) is 0 Å². The summed E-state index contributed by atoms with van der Waals surface area (Å²) in [6.07, 6.45) is -4.96. The van der Waals surface area contributed by atoms with E-state index in [-0.39, 0.29) is 5.56 Å². The first-order valence-electron chi connectivity index (χ1n) is 5.06. The smallest absolute Gasteiger partial charge is 0.458 e. The molecule has 1 rings (SSSR count). The van der Waals surface area contributed by atoms with Crippen molar-refractivity contribution < 1.29 is 36.1 Å². The number of aromatic carboxylic acids is 1. The zero-order valence-electron chi connectivity index (χ0n) is 10.2. The van der Waals surface area contributed by atoms with Crippen LogP contribution in [0.5, 0.6) is 0 Å². The second-order valence-corrected chi connectivity index (χ2v) is 5.26. The molecule has 0 aromatic heterocycles. The molecule has 1 aromatic carbocycles. The molecule has 1 unspecified atom stereocenters. The van der Waals surface area contributed by atoms with E-state index in [1.807, 2.05) is 0 Å². The molecule has 112 valence electrons. The minimum Gasteiger partial charge on any atom is -0.478 e. The van der Waals surface area contributed by atoms with Crippen LogP contribution in [0.3, 0.4) is 0 Å². The van der Waals surface area contributed by atoms with Crippen LogP contribution in [0.15, 0.2) is 17.0 Å². The molecule has 3 nitrogen and oxygen atoms in total. The molecule has 0 radical (unpaired) electrons. The Morgan fingerprint density at radius 2 is 1.70 bits per heavy atom. The fourth-order valence-electron chi connectivity index (χ4n) is 1.69. The SMILES string of the molecule is Cc1c(C(=O)O)ccc(C(F)(F)C(F)(F)F)c1S(C)=O. The zero-order chi connectivity index (χ0) is 15.9. The fraction of sp³-hybridized carbons (Fsp3) is 0.364. The van der Waals surface area contributed by atoms with Gasteiger partial charge in [0, 0.05) is 11.8 Å². The molecule has 0 bridgehead atoms. The Bertz CT molecular complexity index is 580. The summed E-state index contributed by atoms with van der Waals surface area (Å²) in [5.41, 5.74) is -2.34. The Labute approximate surface area is 112 Å². The molecule has 0 saturated heterocycles. The van der Waals surface area contributed by atoms with E-state index in [1.54, 1.807) is 0 Å². The molecule has 0 aliphatic heterocycles. The fourth-order valence-corrected chi connectivity index (χ4v) is 2.74. The average Bonchev–Trinajstić information content (AvgIpc) is 2.25. The topological polar surface area (TPSA) is 54.4 Å². The van der Waals surface area contributed by atoms with Gasteiger partial charge in [-0.3, -0.25) is 4.21 Å². The predicted molar refractivity (Wildman–Crippen MR) is 60.4 cm³/mol. The Morgan fingerprint density at radius 1 is 1.20 bits per heavy atom. The first-order chi connectivity index (χ1) is 8.91. The number of halogens is 5. The van der Waals surface area contributed by atoms with E-state index < -0.39 is 44.9 Å². The van der Waals surface area contributed by atoms with E-state index in [0.29, 0.717) is 12.1 Å². The zero-order valence-corrected chi connectivity index (χ0v) is 11.0. The normalized spacial score (nSPS) is 14.2. The van der Waals surface area contributed by atoms with E-state index >= 15 is 0 Å². The highest BCUT2D eigenvalue weighted by Gasteiger charge is 2.60. The minimum absolute atomic E-state index is 0.348. The Hall–Kier alpha value is -1.51. The molecule has 0 aliphatic rings. The molecule has 9 heteroatoms. The lowest BCUT2D eigenvalue weighted by Gasteiger charge is -2.23.